The third kappa shape index (κ3) is 3.68. The quantitative estimate of drug-likeness (QED) is 0.810. The summed E-state index contributed by atoms with van der Waals surface area (Å²) in [5.74, 6) is 0. The molecule has 1 aromatic carbocycles. The molecule has 0 unspecified atom stereocenters. The van der Waals surface area contributed by atoms with Gasteiger partial charge in [0.15, 0.2) is 0 Å². The molecule has 106 valence electrons. The van der Waals surface area contributed by atoms with E-state index in [0.717, 1.165) is 26.2 Å². The average Bonchev–Trinajstić information content (AvgIpc) is 2.83. The van der Waals surface area contributed by atoms with Gasteiger partial charge in [-0.15, -0.1) is 23.5 Å². The molecule has 0 spiro atoms. The highest BCUT2D eigenvalue weighted by Crippen LogP contribution is 2.37. The fourth-order valence-electron chi connectivity index (χ4n) is 1.56. The van der Waals surface area contributed by atoms with Crippen LogP contribution in [0.4, 0.5) is 16.2 Å². The summed E-state index contributed by atoms with van der Waals surface area (Å²) in [5, 5.41) is 6.54. The molecule has 0 fully saturated rings. The van der Waals surface area contributed by atoms with E-state index in [1.54, 1.807) is 11.8 Å². The number of amides is 2. The van der Waals surface area contributed by atoms with Gasteiger partial charge in [0.25, 0.3) is 0 Å². The molecule has 0 radical (unpaired) electrons. The molecule has 0 bridgehead atoms. The molecule has 0 atom stereocenters. The number of hydrogen-bond acceptors (Lipinski definition) is 5. The molecule has 2 amide bonds. The molecule has 0 saturated heterocycles. The smallest absolute Gasteiger partial charge is 0.308 e. The Kier molecular flexibility index (Phi) is 5.33. The maximum Gasteiger partial charge on any atom is 0.323 e. The number of aromatic nitrogens is 1. The number of rotatable bonds is 4. The molecule has 1 aromatic heterocycles. The molecule has 4 nitrogen and oxygen atoms in total. The van der Waals surface area contributed by atoms with Gasteiger partial charge in [0.05, 0.1) is 0 Å². The Balaban J connectivity index is 2.08. The minimum atomic E-state index is -0.250. The van der Waals surface area contributed by atoms with E-state index in [2.05, 4.69) is 15.0 Å². The average molecular weight is 325 g/mol. The van der Waals surface area contributed by atoms with Gasteiger partial charge in [-0.05, 0) is 43.1 Å². The van der Waals surface area contributed by atoms with Crippen molar-refractivity contribution in [2.45, 2.75) is 16.2 Å². The van der Waals surface area contributed by atoms with Gasteiger partial charge in [0.1, 0.15) is 14.9 Å². The van der Waals surface area contributed by atoms with Crippen LogP contribution in [0.3, 0.4) is 0 Å². The normalized spacial score (nSPS) is 10.3. The summed E-state index contributed by atoms with van der Waals surface area (Å²) in [4.78, 5) is 12.0. The Morgan fingerprint density at radius 2 is 1.85 bits per heavy atom. The molecular formula is C13H15N3OS3. The van der Waals surface area contributed by atoms with E-state index in [1.165, 1.54) is 23.3 Å². The fraction of sp³-hybridized carbons (Fsp3) is 0.231. The first-order valence-electron chi connectivity index (χ1n) is 5.86. The van der Waals surface area contributed by atoms with Crippen molar-refractivity contribution >= 4 is 52.5 Å². The van der Waals surface area contributed by atoms with Crippen molar-refractivity contribution < 1.29 is 4.79 Å². The van der Waals surface area contributed by atoms with E-state index in [0.29, 0.717) is 0 Å². The maximum absolute atomic E-state index is 12.0. The Hall–Kier alpha value is -1.18. The second kappa shape index (κ2) is 7.01. The van der Waals surface area contributed by atoms with Gasteiger partial charge in [0, 0.05) is 5.69 Å². The first kappa shape index (κ1) is 15.2. The molecular weight excluding hydrogens is 310 g/mol. The molecule has 20 heavy (non-hydrogen) atoms. The predicted molar refractivity (Wildman–Crippen MR) is 89.5 cm³/mol. The van der Waals surface area contributed by atoms with Crippen molar-refractivity contribution in [3.05, 3.63) is 29.8 Å². The lowest BCUT2D eigenvalue weighted by Gasteiger charge is -2.08. The largest absolute Gasteiger partial charge is 0.323 e. The van der Waals surface area contributed by atoms with Crippen LogP contribution in [0.1, 0.15) is 5.56 Å². The van der Waals surface area contributed by atoms with Crippen molar-refractivity contribution in [3.8, 4) is 0 Å². The number of benzene rings is 1. The minimum absolute atomic E-state index is 0.250. The van der Waals surface area contributed by atoms with E-state index >= 15 is 0 Å². The molecule has 7 heteroatoms. The molecule has 2 N–H and O–H groups in total. The summed E-state index contributed by atoms with van der Waals surface area (Å²) in [7, 11) is 0. The lowest BCUT2D eigenvalue weighted by atomic mass is 10.2. The highest BCUT2D eigenvalue weighted by Gasteiger charge is 2.15. The number of anilines is 2. The van der Waals surface area contributed by atoms with Gasteiger partial charge >= 0.3 is 6.03 Å². The van der Waals surface area contributed by atoms with Crippen molar-refractivity contribution in [1.82, 2.24) is 4.37 Å². The monoisotopic (exact) mass is 325 g/mol. The van der Waals surface area contributed by atoms with E-state index in [9.17, 15) is 4.79 Å². The van der Waals surface area contributed by atoms with Crippen molar-refractivity contribution in [2.24, 2.45) is 0 Å². The molecule has 0 aliphatic carbocycles. The molecule has 0 aliphatic heterocycles. The second-order valence-corrected chi connectivity index (χ2v) is 6.65. The summed E-state index contributed by atoms with van der Waals surface area (Å²) in [6.45, 7) is 2.01. The number of nitrogens with zero attached hydrogens (tertiary/aromatic N) is 1. The highest BCUT2D eigenvalue weighted by atomic mass is 32.2. The number of hydrogen-bond donors (Lipinski definition) is 2. The summed E-state index contributed by atoms with van der Waals surface area (Å²) < 4.78 is 5.33. The van der Waals surface area contributed by atoms with Gasteiger partial charge in [-0.25, -0.2) is 4.79 Å². The molecule has 0 saturated carbocycles. The van der Waals surface area contributed by atoms with Crippen LogP contribution in [0.15, 0.2) is 33.5 Å². The summed E-state index contributed by atoms with van der Waals surface area (Å²) >= 11 is 4.51. The topological polar surface area (TPSA) is 54.0 Å². The van der Waals surface area contributed by atoms with E-state index in [4.69, 9.17) is 0 Å². The number of thioether (sulfide) groups is 2. The van der Waals surface area contributed by atoms with Gasteiger partial charge in [-0.3, -0.25) is 0 Å². The van der Waals surface area contributed by atoms with Crippen LogP contribution in [-0.4, -0.2) is 22.9 Å². The molecule has 2 aromatic rings. The van der Waals surface area contributed by atoms with Crippen LogP contribution in [0.5, 0.6) is 0 Å². The zero-order valence-corrected chi connectivity index (χ0v) is 13.8. The van der Waals surface area contributed by atoms with Crippen LogP contribution >= 0.6 is 35.1 Å². The second-order valence-electron chi connectivity index (χ2n) is 4.00. The summed E-state index contributed by atoms with van der Waals surface area (Å²) in [5.41, 5.74) is 2.72. The zero-order chi connectivity index (χ0) is 14.5. The number of nitrogens with one attached hydrogen (secondary N) is 2. The van der Waals surface area contributed by atoms with Crippen LogP contribution in [0.2, 0.25) is 0 Å². The summed E-state index contributed by atoms with van der Waals surface area (Å²) in [6.07, 6.45) is 3.92. The SMILES string of the molecule is CSc1nsc(SC)c1NC(=O)Nc1ccc(C)cc1. The summed E-state index contributed by atoms with van der Waals surface area (Å²) in [6, 6.07) is 7.43. The van der Waals surface area contributed by atoms with Gasteiger partial charge in [-0.1, -0.05) is 17.7 Å². The predicted octanol–water partition coefficient (Wildman–Crippen LogP) is 4.54. The Labute approximate surface area is 130 Å². The van der Waals surface area contributed by atoms with Crippen LogP contribution < -0.4 is 10.6 Å². The van der Waals surface area contributed by atoms with Gasteiger partial charge < -0.3 is 10.6 Å². The minimum Gasteiger partial charge on any atom is -0.308 e. The lowest BCUT2D eigenvalue weighted by molar-refractivity contribution is 0.262. The first-order valence-corrected chi connectivity index (χ1v) is 9.08. The van der Waals surface area contributed by atoms with E-state index < -0.39 is 0 Å². The highest BCUT2D eigenvalue weighted by molar-refractivity contribution is 8.01. The van der Waals surface area contributed by atoms with Crippen molar-refractivity contribution in [3.63, 3.8) is 0 Å². The Bertz CT molecular complexity index is 574. The van der Waals surface area contributed by atoms with Crippen molar-refractivity contribution in [1.29, 1.82) is 0 Å². The molecule has 1 heterocycles. The third-order valence-electron chi connectivity index (χ3n) is 2.56. The maximum atomic E-state index is 12.0. The zero-order valence-electron chi connectivity index (χ0n) is 11.4. The van der Waals surface area contributed by atoms with E-state index in [-0.39, 0.29) is 6.03 Å². The van der Waals surface area contributed by atoms with Crippen LogP contribution in [0, 0.1) is 6.92 Å². The Morgan fingerprint density at radius 1 is 1.15 bits per heavy atom. The number of carbonyl (C=O) groups excluding carboxylic acids is 1. The van der Waals surface area contributed by atoms with Crippen molar-refractivity contribution in [2.75, 3.05) is 23.1 Å². The fourth-order valence-corrected chi connectivity index (χ4v) is 3.71. The van der Waals surface area contributed by atoms with Gasteiger partial charge in [0.2, 0.25) is 0 Å². The Morgan fingerprint density at radius 3 is 2.45 bits per heavy atom. The number of carbonyl (C=O) groups is 1. The standard InChI is InChI=1S/C13H15N3OS3/c1-8-4-6-9(7-5-8)14-13(17)15-10-11(18-2)16-20-12(10)19-3/h4-7H,1-3H3,(H2,14,15,17). The van der Waals surface area contributed by atoms with Crippen LogP contribution in [0.25, 0.3) is 0 Å². The molecule has 0 aliphatic rings. The number of urea groups is 1. The lowest BCUT2D eigenvalue weighted by Crippen LogP contribution is -2.19. The molecule has 2 rings (SSSR count). The van der Waals surface area contributed by atoms with Gasteiger partial charge in [-0.2, -0.15) is 4.37 Å². The number of aryl methyl sites for hydroxylation is 1. The third-order valence-corrected chi connectivity index (χ3v) is 5.30. The van der Waals surface area contributed by atoms with E-state index in [1.807, 2.05) is 43.7 Å². The van der Waals surface area contributed by atoms with Crippen LogP contribution in [-0.2, 0) is 0 Å². The first-order chi connectivity index (χ1) is 9.63.